The van der Waals surface area contributed by atoms with Crippen LogP contribution >= 0.6 is 0 Å². The van der Waals surface area contributed by atoms with Gasteiger partial charge < -0.3 is 29.1 Å². The van der Waals surface area contributed by atoms with Gasteiger partial charge in [0.05, 0.1) is 29.8 Å². The van der Waals surface area contributed by atoms with E-state index in [2.05, 4.69) is 83.0 Å². The van der Waals surface area contributed by atoms with E-state index in [4.69, 9.17) is 24.2 Å². The van der Waals surface area contributed by atoms with Gasteiger partial charge in [-0.15, -0.1) is 0 Å². The van der Waals surface area contributed by atoms with Crippen molar-refractivity contribution in [1.82, 2.24) is 29.7 Å². The summed E-state index contributed by atoms with van der Waals surface area (Å²) in [5.74, 6) is 1.83. The summed E-state index contributed by atoms with van der Waals surface area (Å²) < 4.78 is 19.8. The van der Waals surface area contributed by atoms with Gasteiger partial charge >= 0.3 is 12.2 Å². The average molecular weight is 793 g/mol. The number of amides is 2. The van der Waals surface area contributed by atoms with Gasteiger partial charge in [-0.25, -0.2) is 19.6 Å². The molecule has 2 aliphatic rings. The molecule has 3 heterocycles. The second kappa shape index (κ2) is 15.9. The largest absolute Gasteiger partial charge is 0.444 e. The van der Waals surface area contributed by atoms with Crippen LogP contribution < -0.4 is 5.32 Å². The van der Waals surface area contributed by atoms with Gasteiger partial charge in [-0.05, 0) is 107 Å². The Morgan fingerprint density at radius 1 is 0.842 bits per heavy atom. The van der Waals surface area contributed by atoms with Gasteiger partial charge in [-0.3, -0.25) is 4.90 Å². The molecular formula is C45H60N6O5Si. The zero-order valence-corrected chi connectivity index (χ0v) is 36.2. The number of fused-ring (bicyclic) bond motifs is 3. The van der Waals surface area contributed by atoms with Crippen molar-refractivity contribution < 1.29 is 23.8 Å². The van der Waals surface area contributed by atoms with Crippen molar-refractivity contribution >= 4 is 41.8 Å². The number of imidazole rings is 2. The summed E-state index contributed by atoms with van der Waals surface area (Å²) in [6, 6.07) is 18.4. The van der Waals surface area contributed by atoms with E-state index in [0.717, 1.165) is 83.1 Å². The maximum atomic E-state index is 13.3. The highest BCUT2D eigenvalue weighted by Crippen LogP contribution is 2.38. The number of nitrogens with zero attached hydrogens (tertiary/aromatic N) is 4. The van der Waals surface area contributed by atoms with E-state index in [0.29, 0.717) is 19.9 Å². The fraction of sp³-hybridized carbons (Fsp3) is 0.511. The van der Waals surface area contributed by atoms with Crippen LogP contribution in [-0.4, -0.2) is 75.1 Å². The highest BCUT2D eigenvalue weighted by molar-refractivity contribution is 6.76. The molecule has 2 amide bonds. The highest BCUT2D eigenvalue weighted by Gasteiger charge is 2.37. The van der Waals surface area contributed by atoms with Crippen LogP contribution in [0.15, 0.2) is 60.9 Å². The summed E-state index contributed by atoms with van der Waals surface area (Å²) >= 11 is 0. The lowest BCUT2D eigenvalue weighted by atomic mass is 9.97. The van der Waals surface area contributed by atoms with Crippen LogP contribution in [0.4, 0.5) is 9.59 Å². The minimum absolute atomic E-state index is 0.0194. The Bertz CT molecular complexity index is 2240. The third kappa shape index (κ3) is 9.55. The van der Waals surface area contributed by atoms with Gasteiger partial charge in [0.2, 0.25) is 0 Å². The van der Waals surface area contributed by atoms with Crippen molar-refractivity contribution in [2.45, 2.75) is 135 Å². The molecule has 11 nitrogen and oxygen atoms in total. The summed E-state index contributed by atoms with van der Waals surface area (Å²) in [5, 5.41) is 7.69. The van der Waals surface area contributed by atoms with Gasteiger partial charge in [0.25, 0.3) is 0 Å². The van der Waals surface area contributed by atoms with E-state index < -0.39 is 19.3 Å². The molecular weight excluding hydrogens is 733 g/mol. The molecule has 3 aromatic carbocycles. The Hall–Kier alpha value is -4.68. The predicted molar refractivity (Wildman–Crippen MR) is 229 cm³/mol. The third-order valence-corrected chi connectivity index (χ3v) is 12.6. The number of carbonyl (C=O) groups is 2. The Morgan fingerprint density at radius 3 is 2.21 bits per heavy atom. The second-order valence-electron chi connectivity index (χ2n) is 19.0. The number of alkyl carbamates (subject to hydrolysis) is 1. The molecule has 3 atom stereocenters. The lowest BCUT2D eigenvalue weighted by molar-refractivity contribution is 0.0204. The first-order valence-corrected chi connectivity index (χ1v) is 24.3. The topological polar surface area (TPSA) is 124 Å². The Kier molecular flexibility index (Phi) is 11.3. The molecule has 1 unspecified atom stereocenters. The molecule has 1 saturated carbocycles. The molecule has 2 fully saturated rings. The number of rotatable bonds is 10. The molecule has 12 heteroatoms. The third-order valence-electron chi connectivity index (χ3n) is 10.9. The number of hydrogen-bond acceptors (Lipinski definition) is 7. The molecule has 5 aromatic rings. The number of carbonyl (C=O) groups excluding carboxylic acids is 2. The fourth-order valence-electron chi connectivity index (χ4n) is 8.12. The molecule has 1 aliphatic carbocycles. The zero-order valence-electron chi connectivity index (χ0n) is 35.2. The first kappa shape index (κ1) is 40.5. The summed E-state index contributed by atoms with van der Waals surface area (Å²) in [6.45, 7) is 20.1. The molecule has 0 bridgehead atoms. The molecule has 0 spiro atoms. The summed E-state index contributed by atoms with van der Waals surface area (Å²) in [6.07, 6.45) is 7.74. The summed E-state index contributed by atoms with van der Waals surface area (Å²) in [5.41, 5.74) is 2.90. The van der Waals surface area contributed by atoms with Crippen LogP contribution in [0.3, 0.4) is 0 Å². The number of benzene rings is 3. The van der Waals surface area contributed by atoms with Crippen LogP contribution in [-0.2, 0) is 20.9 Å². The number of aromatic amines is 1. The van der Waals surface area contributed by atoms with Crippen LogP contribution in [0.1, 0.15) is 97.3 Å². The summed E-state index contributed by atoms with van der Waals surface area (Å²) in [7, 11) is -1.28. The fourth-order valence-corrected chi connectivity index (χ4v) is 8.88. The molecule has 57 heavy (non-hydrogen) atoms. The minimum atomic E-state index is -1.28. The first-order chi connectivity index (χ1) is 26.9. The van der Waals surface area contributed by atoms with E-state index in [9.17, 15) is 9.59 Å². The van der Waals surface area contributed by atoms with Crippen LogP contribution in [0, 0.1) is 0 Å². The van der Waals surface area contributed by atoms with Crippen molar-refractivity contribution in [3.05, 3.63) is 72.6 Å². The average Bonchev–Trinajstić information content (AvgIpc) is 3.94. The number of hydrogen-bond donors (Lipinski definition) is 2. The van der Waals surface area contributed by atoms with Crippen LogP contribution in [0.2, 0.25) is 25.7 Å². The highest BCUT2D eigenvalue weighted by atomic mass is 28.3. The van der Waals surface area contributed by atoms with Crippen molar-refractivity contribution in [2.24, 2.45) is 0 Å². The molecule has 7 rings (SSSR count). The van der Waals surface area contributed by atoms with Gasteiger partial charge in [0.15, 0.2) is 0 Å². The smallest absolute Gasteiger partial charge is 0.410 e. The number of ether oxygens (including phenoxy) is 3. The molecule has 0 radical (unpaired) electrons. The Balaban J connectivity index is 1.14. The van der Waals surface area contributed by atoms with E-state index >= 15 is 0 Å². The second-order valence-corrected chi connectivity index (χ2v) is 24.6. The maximum Gasteiger partial charge on any atom is 0.410 e. The quantitative estimate of drug-likeness (QED) is 0.0820. The number of aromatic nitrogens is 4. The van der Waals surface area contributed by atoms with E-state index in [1.165, 1.54) is 10.8 Å². The SMILES string of the molecule is CC(C)(C)OC(=O)N[C@H]1CCC[C@@H]1c1ncc(-c2ccc3c(ccc4cc(-c5cnc(C6CCCN6C(=O)OC(C)(C)C)n5COCC[Si](C)(C)C)ccc43)c2)[nH]1. The van der Waals surface area contributed by atoms with Gasteiger partial charge in [-0.2, -0.15) is 0 Å². The van der Waals surface area contributed by atoms with Crippen LogP contribution in [0.5, 0.6) is 0 Å². The molecule has 2 N–H and O–H groups in total. The predicted octanol–water partition coefficient (Wildman–Crippen LogP) is 10.8. The normalized spacial score (nSPS) is 19.1. The van der Waals surface area contributed by atoms with Crippen molar-refractivity contribution in [3.8, 4) is 22.5 Å². The monoisotopic (exact) mass is 792 g/mol. The van der Waals surface area contributed by atoms with Gasteiger partial charge in [0.1, 0.15) is 29.6 Å². The lowest BCUT2D eigenvalue weighted by Crippen LogP contribution is -2.40. The number of likely N-dealkylation sites (tertiary alicyclic amines) is 1. The lowest BCUT2D eigenvalue weighted by Gasteiger charge is -2.29. The number of nitrogens with one attached hydrogen (secondary N) is 2. The first-order valence-electron chi connectivity index (χ1n) is 20.6. The van der Waals surface area contributed by atoms with Crippen LogP contribution in [0.25, 0.3) is 44.1 Å². The standard InChI is InChI=1S/C45H60N6O5Si/c1-44(2,3)55-42(52)49-36-13-10-12-35(36)40-46-26-37(48-40)31-17-19-33-29(24-31)15-16-30-25-32(18-20-34(30)33)39-27-47-41(51(39)28-54-22-23-57(7,8)9)38-14-11-21-50(38)43(53)56-45(4,5)6/h15-20,24-27,35-36,38H,10-14,21-23,28H2,1-9H3,(H,46,48)(H,49,52)/t35-,36-,38?/m0/s1. The zero-order chi connectivity index (χ0) is 40.7. The van der Waals surface area contributed by atoms with E-state index in [1.807, 2.05) is 58.8 Å². The molecule has 1 saturated heterocycles. The number of H-pyrrole nitrogens is 1. The Morgan fingerprint density at radius 2 is 1.53 bits per heavy atom. The summed E-state index contributed by atoms with van der Waals surface area (Å²) in [4.78, 5) is 41.0. The minimum Gasteiger partial charge on any atom is -0.444 e. The Labute approximate surface area is 337 Å². The van der Waals surface area contributed by atoms with Crippen molar-refractivity contribution in [3.63, 3.8) is 0 Å². The van der Waals surface area contributed by atoms with Gasteiger partial charge in [0, 0.05) is 44.3 Å². The molecule has 1 aliphatic heterocycles. The molecule has 2 aromatic heterocycles. The molecule has 304 valence electrons. The van der Waals surface area contributed by atoms with E-state index in [-0.39, 0.29) is 30.2 Å². The maximum absolute atomic E-state index is 13.3. The van der Waals surface area contributed by atoms with Gasteiger partial charge in [-0.1, -0.05) is 62.5 Å². The van der Waals surface area contributed by atoms with E-state index in [1.54, 1.807) is 0 Å². The van der Waals surface area contributed by atoms with Crippen molar-refractivity contribution in [2.75, 3.05) is 13.2 Å². The van der Waals surface area contributed by atoms with Crippen molar-refractivity contribution in [1.29, 1.82) is 0 Å².